The molecule has 126 valence electrons. The molecule has 1 aliphatic heterocycles. The van der Waals surface area contributed by atoms with Gasteiger partial charge >= 0.3 is 5.97 Å². The highest BCUT2D eigenvalue weighted by Crippen LogP contribution is 2.21. The first-order valence-corrected chi connectivity index (χ1v) is 8.31. The first kappa shape index (κ1) is 17.5. The Bertz CT molecular complexity index is 532. The van der Waals surface area contributed by atoms with E-state index >= 15 is 0 Å². The molecule has 0 saturated carbocycles. The van der Waals surface area contributed by atoms with Crippen molar-refractivity contribution in [2.45, 2.75) is 51.8 Å². The largest absolute Gasteiger partial charge is 0.459 e. The van der Waals surface area contributed by atoms with Gasteiger partial charge in [-0.05, 0) is 24.3 Å². The topological polar surface area (TPSA) is 72.6 Å². The second kappa shape index (κ2) is 8.11. The van der Waals surface area contributed by atoms with Gasteiger partial charge in [-0.2, -0.15) is 0 Å². The zero-order chi connectivity index (χ0) is 16.8. The molecule has 0 aliphatic carbocycles. The molecule has 1 unspecified atom stereocenters. The van der Waals surface area contributed by atoms with Crippen molar-refractivity contribution in [1.29, 1.82) is 0 Å². The van der Waals surface area contributed by atoms with E-state index in [9.17, 15) is 9.59 Å². The Morgan fingerprint density at radius 2 is 2.04 bits per heavy atom. The average Bonchev–Trinajstić information content (AvgIpc) is 3.08. The zero-order valence-electron chi connectivity index (χ0n) is 13.9. The average molecular weight is 318 g/mol. The van der Waals surface area contributed by atoms with Crippen LogP contribution in [-0.2, 0) is 20.9 Å². The van der Waals surface area contributed by atoms with Crippen molar-refractivity contribution in [2.24, 2.45) is 11.7 Å². The third-order valence-corrected chi connectivity index (χ3v) is 4.57. The van der Waals surface area contributed by atoms with Gasteiger partial charge in [-0.3, -0.25) is 4.79 Å². The summed E-state index contributed by atoms with van der Waals surface area (Å²) in [6.45, 7) is 4.78. The van der Waals surface area contributed by atoms with E-state index in [0.717, 1.165) is 18.4 Å². The fourth-order valence-corrected chi connectivity index (χ4v) is 2.79. The first-order chi connectivity index (χ1) is 11.0. The molecular formula is C18H26N2O3. The van der Waals surface area contributed by atoms with Gasteiger partial charge in [0.1, 0.15) is 12.6 Å². The summed E-state index contributed by atoms with van der Waals surface area (Å²) in [4.78, 5) is 26.5. The standard InChI is InChI=1S/C18H26N2O3/c1-3-13(2)16(19)17(21)20-11-7-10-15(20)18(22)23-12-14-8-5-4-6-9-14/h4-6,8-9,13,15-16H,3,7,10-12,19H2,1-2H3/t13?,15-,16-/m1/s1. The lowest BCUT2D eigenvalue weighted by molar-refractivity contribution is -0.155. The number of hydrogen-bond donors (Lipinski definition) is 1. The fourth-order valence-electron chi connectivity index (χ4n) is 2.79. The van der Waals surface area contributed by atoms with Gasteiger partial charge < -0.3 is 15.4 Å². The van der Waals surface area contributed by atoms with Gasteiger partial charge in [-0.25, -0.2) is 4.79 Å². The third-order valence-electron chi connectivity index (χ3n) is 4.57. The quantitative estimate of drug-likeness (QED) is 0.815. The molecule has 0 aromatic heterocycles. The predicted molar refractivity (Wildman–Crippen MR) is 88.4 cm³/mol. The summed E-state index contributed by atoms with van der Waals surface area (Å²) >= 11 is 0. The summed E-state index contributed by atoms with van der Waals surface area (Å²) < 4.78 is 5.39. The molecule has 1 aromatic carbocycles. The van der Waals surface area contributed by atoms with Crippen LogP contribution in [0.5, 0.6) is 0 Å². The van der Waals surface area contributed by atoms with Gasteiger partial charge in [-0.1, -0.05) is 50.6 Å². The van der Waals surface area contributed by atoms with E-state index in [-0.39, 0.29) is 24.4 Å². The first-order valence-electron chi connectivity index (χ1n) is 8.31. The number of nitrogens with two attached hydrogens (primary N) is 1. The zero-order valence-corrected chi connectivity index (χ0v) is 13.9. The van der Waals surface area contributed by atoms with Gasteiger partial charge in [-0.15, -0.1) is 0 Å². The molecule has 0 bridgehead atoms. The number of carbonyl (C=O) groups excluding carboxylic acids is 2. The van der Waals surface area contributed by atoms with E-state index in [4.69, 9.17) is 10.5 Å². The van der Waals surface area contributed by atoms with Crippen molar-refractivity contribution in [3.63, 3.8) is 0 Å². The smallest absolute Gasteiger partial charge is 0.329 e. The van der Waals surface area contributed by atoms with Crippen molar-refractivity contribution < 1.29 is 14.3 Å². The van der Waals surface area contributed by atoms with Crippen LogP contribution in [0.3, 0.4) is 0 Å². The Morgan fingerprint density at radius 1 is 1.35 bits per heavy atom. The number of ether oxygens (including phenoxy) is 1. The van der Waals surface area contributed by atoms with Crippen molar-refractivity contribution in [1.82, 2.24) is 4.90 Å². The summed E-state index contributed by atoms with van der Waals surface area (Å²) in [5.74, 6) is -0.376. The van der Waals surface area contributed by atoms with Crippen LogP contribution in [0.4, 0.5) is 0 Å². The molecule has 2 rings (SSSR count). The second-order valence-electron chi connectivity index (χ2n) is 6.19. The molecule has 1 aliphatic rings. The van der Waals surface area contributed by atoms with Gasteiger partial charge in [0.15, 0.2) is 0 Å². The van der Waals surface area contributed by atoms with Crippen molar-refractivity contribution >= 4 is 11.9 Å². The van der Waals surface area contributed by atoms with Gasteiger partial charge in [0.05, 0.1) is 6.04 Å². The highest BCUT2D eigenvalue weighted by molar-refractivity contribution is 5.88. The summed E-state index contributed by atoms with van der Waals surface area (Å²) in [7, 11) is 0. The molecule has 3 atom stereocenters. The minimum absolute atomic E-state index is 0.101. The summed E-state index contributed by atoms with van der Waals surface area (Å²) in [5.41, 5.74) is 6.97. The van der Waals surface area contributed by atoms with Crippen LogP contribution in [0.1, 0.15) is 38.7 Å². The van der Waals surface area contributed by atoms with Crippen LogP contribution in [-0.4, -0.2) is 35.4 Å². The Labute approximate surface area is 137 Å². The van der Waals surface area contributed by atoms with E-state index in [0.29, 0.717) is 13.0 Å². The lowest BCUT2D eigenvalue weighted by Gasteiger charge is -2.28. The number of rotatable bonds is 6. The fraction of sp³-hybridized carbons (Fsp3) is 0.556. The predicted octanol–water partition coefficient (Wildman–Crippen LogP) is 2.09. The van der Waals surface area contributed by atoms with E-state index in [1.165, 1.54) is 0 Å². The number of carbonyl (C=O) groups is 2. The molecule has 1 heterocycles. The van der Waals surface area contributed by atoms with Crippen molar-refractivity contribution in [3.8, 4) is 0 Å². The monoisotopic (exact) mass is 318 g/mol. The highest BCUT2D eigenvalue weighted by atomic mass is 16.5. The highest BCUT2D eigenvalue weighted by Gasteiger charge is 2.38. The minimum atomic E-state index is -0.553. The maximum atomic E-state index is 12.5. The number of hydrogen-bond acceptors (Lipinski definition) is 4. The molecule has 5 heteroatoms. The molecule has 1 amide bonds. The molecule has 23 heavy (non-hydrogen) atoms. The SMILES string of the molecule is CCC(C)[C@@H](N)C(=O)N1CCC[C@@H]1C(=O)OCc1ccccc1. The van der Waals surface area contributed by atoms with Crippen LogP contribution in [0, 0.1) is 5.92 Å². The molecule has 2 N–H and O–H groups in total. The molecule has 1 aromatic rings. The van der Waals surface area contributed by atoms with E-state index in [1.807, 2.05) is 44.2 Å². The van der Waals surface area contributed by atoms with Crippen molar-refractivity contribution in [2.75, 3.05) is 6.54 Å². The van der Waals surface area contributed by atoms with Crippen LogP contribution in [0.15, 0.2) is 30.3 Å². The van der Waals surface area contributed by atoms with Crippen LogP contribution in [0.25, 0.3) is 0 Å². The third kappa shape index (κ3) is 4.32. The summed E-state index contributed by atoms with van der Waals surface area (Å²) in [6.07, 6.45) is 2.29. The minimum Gasteiger partial charge on any atom is -0.459 e. The Balaban J connectivity index is 1.95. The van der Waals surface area contributed by atoms with Gasteiger partial charge in [0.2, 0.25) is 5.91 Å². The molecule has 5 nitrogen and oxygen atoms in total. The van der Waals surface area contributed by atoms with E-state index < -0.39 is 12.1 Å². The van der Waals surface area contributed by atoms with Gasteiger partial charge in [0, 0.05) is 6.54 Å². The van der Waals surface area contributed by atoms with Crippen LogP contribution < -0.4 is 5.73 Å². The molecule has 0 radical (unpaired) electrons. The molecule has 1 fully saturated rings. The Kier molecular flexibility index (Phi) is 6.16. The summed E-state index contributed by atoms with van der Waals surface area (Å²) in [6, 6.07) is 8.48. The molecule has 0 spiro atoms. The Morgan fingerprint density at radius 3 is 2.70 bits per heavy atom. The Hall–Kier alpha value is -1.88. The lowest BCUT2D eigenvalue weighted by Crippen LogP contribution is -2.51. The van der Waals surface area contributed by atoms with Crippen molar-refractivity contribution in [3.05, 3.63) is 35.9 Å². The maximum absolute atomic E-state index is 12.5. The number of esters is 1. The maximum Gasteiger partial charge on any atom is 0.329 e. The normalized spacial score (nSPS) is 20.1. The van der Waals surface area contributed by atoms with E-state index in [1.54, 1.807) is 4.90 Å². The molecule has 1 saturated heterocycles. The second-order valence-corrected chi connectivity index (χ2v) is 6.19. The molecular weight excluding hydrogens is 292 g/mol. The number of amides is 1. The van der Waals surface area contributed by atoms with E-state index in [2.05, 4.69) is 0 Å². The number of benzene rings is 1. The van der Waals surface area contributed by atoms with Crippen LogP contribution in [0.2, 0.25) is 0 Å². The number of nitrogens with zero attached hydrogens (tertiary/aromatic N) is 1. The van der Waals surface area contributed by atoms with Gasteiger partial charge in [0.25, 0.3) is 0 Å². The summed E-state index contributed by atoms with van der Waals surface area (Å²) in [5, 5.41) is 0. The lowest BCUT2D eigenvalue weighted by atomic mass is 9.98. The van der Waals surface area contributed by atoms with Crippen LogP contribution >= 0.6 is 0 Å². The number of likely N-dealkylation sites (tertiary alicyclic amines) is 1.